The van der Waals surface area contributed by atoms with Crippen LogP contribution in [-0.4, -0.2) is 21.9 Å². The van der Waals surface area contributed by atoms with Crippen LogP contribution >= 0.6 is 15.9 Å². The van der Waals surface area contributed by atoms with E-state index in [1.807, 2.05) is 83.5 Å². The van der Waals surface area contributed by atoms with Crippen LogP contribution in [0, 0.1) is 0 Å². The molecule has 0 aliphatic rings. The van der Waals surface area contributed by atoms with Crippen LogP contribution in [0.5, 0.6) is 5.75 Å². The Balaban J connectivity index is 1.88. The van der Waals surface area contributed by atoms with E-state index in [2.05, 4.69) is 15.9 Å². The van der Waals surface area contributed by atoms with Crippen LogP contribution in [0.3, 0.4) is 0 Å². The third-order valence-corrected chi connectivity index (χ3v) is 4.53. The van der Waals surface area contributed by atoms with E-state index in [0.29, 0.717) is 5.82 Å². The first-order valence-corrected chi connectivity index (χ1v) is 8.97. The van der Waals surface area contributed by atoms with Crippen molar-refractivity contribution >= 4 is 15.9 Å². The minimum Gasteiger partial charge on any atom is -0.497 e. The Morgan fingerprint density at radius 2 is 1.58 bits per heavy atom. The lowest BCUT2D eigenvalue weighted by molar-refractivity contribution is 0.414. The highest BCUT2D eigenvalue weighted by molar-refractivity contribution is 9.10. The van der Waals surface area contributed by atoms with E-state index in [0.717, 1.165) is 32.9 Å². The Morgan fingerprint density at radius 3 is 2.27 bits per heavy atom. The van der Waals surface area contributed by atoms with Gasteiger partial charge in [-0.15, -0.1) is 5.10 Å². The second-order valence-corrected chi connectivity index (χ2v) is 6.66. The van der Waals surface area contributed by atoms with Gasteiger partial charge in [-0.1, -0.05) is 58.4 Å². The molecule has 0 radical (unpaired) electrons. The van der Waals surface area contributed by atoms with Gasteiger partial charge >= 0.3 is 0 Å². The molecule has 1 aromatic heterocycles. The third kappa shape index (κ3) is 3.26. The number of aromatic nitrogens is 3. The molecule has 128 valence electrons. The van der Waals surface area contributed by atoms with E-state index >= 15 is 0 Å². The lowest BCUT2D eigenvalue weighted by Crippen LogP contribution is -1.99. The molecular formula is C21H16BrN3O. The van der Waals surface area contributed by atoms with Crippen molar-refractivity contribution in [2.75, 3.05) is 7.11 Å². The van der Waals surface area contributed by atoms with Crippen molar-refractivity contribution < 1.29 is 4.74 Å². The van der Waals surface area contributed by atoms with Gasteiger partial charge < -0.3 is 4.74 Å². The summed E-state index contributed by atoms with van der Waals surface area (Å²) in [4.78, 5) is 4.81. The molecule has 0 N–H and O–H groups in total. The summed E-state index contributed by atoms with van der Waals surface area (Å²) in [6.45, 7) is 0. The van der Waals surface area contributed by atoms with Crippen molar-refractivity contribution in [2.45, 2.75) is 0 Å². The monoisotopic (exact) mass is 405 g/mol. The molecule has 0 atom stereocenters. The molecule has 0 saturated carbocycles. The van der Waals surface area contributed by atoms with Crippen molar-refractivity contribution in [3.8, 4) is 34.2 Å². The second kappa shape index (κ2) is 7.14. The summed E-state index contributed by atoms with van der Waals surface area (Å²) in [5.74, 6) is 2.29. The third-order valence-electron chi connectivity index (χ3n) is 4.04. The average molecular weight is 406 g/mol. The summed E-state index contributed by atoms with van der Waals surface area (Å²) in [6, 6.07) is 25.9. The van der Waals surface area contributed by atoms with Gasteiger partial charge in [-0.3, -0.25) is 0 Å². The van der Waals surface area contributed by atoms with Gasteiger partial charge in [0.25, 0.3) is 0 Å². The number of hydrogen-bond acceptors (Lipinski definition) is 3. The maximum Gasteiger partial charge on any atom is 0.182 e. The van der Waals surface area contributed by atoms with Crippen LogP contribution in [0.1, 0.15) is 0 Å². The molecule has 3 aromatic carbocycles. The largest absolute Gasteiger partial charge is 0.497 e. The fourth-order valence-corrected chi connectivity index (χ4v) is 3.14. The fraction of sp³-hybridized carbons (Fsp3) is 0.0476. The van der Waals surface area contributed by atoms with E-state index in [1.165, 1.54) is 0 Å². The zero-order valence-electron chi connectivity index (χ0n) is 14.1. The maximum atomic E-state index is 5.26. The molecule has 0 bridgehead atoms. The predicted octanol–water partition coefficient (Wildman–Crippen LogP) is 5.37. The first-order chi connectivity index (χ1) is 12.7. The second-order valence-electron chi connectivity index (χ2n) is 5.75. The maximum absolute atomic E-state index is 5.26. The van der Waals surface area contributed by atoms with Gasteiger partial charge in [-0.25, -0.2) is 9.67 Å². The summed E-state index contributed by atoms with van der Waals surface area (Å²) in [7, 11) is 1.66. The van der Waals surface area contributed by atoms with Crippen molar-refractivity contribution in [1.29, 1.82) is 0 Å². The van der Waals surface area contributed by atoms with Gasteiger partial charge in [0, 0.05) is 15.6 Å². The number of methoxy groups -OCH3 is 1. The van der Waals surface area contributed by atoms with Crippen molar-refractivity contribution in [2.24, 2.45) is 0 Å². The summed E-state index contributed by atoms with van der Waals surface area (Å²) < 4.78 is 8.12. The SMILES string of the molecule is COc1ccc(-n2nc(-c3cccc(Br)c3)nc2-c2ccccc2)cc1. The van der Waals surface area contributed by atoms with Gasteiger partial charge in [-0.05, 0) is 36.4 Å². The number of benzene rings is 3. The minimum atomic E-state index is 0.681. The van der Waals surface area contributed by atoms with E-state index in [-0.39, 0.29) is 0 Å². The molecule has 0 saturated heterocycles. The minimum absolute atomic E-state index is 0.681. The van der Waals surface area contributed by atoms with Crippen LogP contribution in [0.25, 0.3) is 28.5 Å². The molecule has 0 fully saturated rings. The molecule has 0 unspecified atom stereocenters. The Labute approximate surface area is 160 Å². The van der Waals surface area contributed by atoms with Crippen LogP contribution in [0.15, 0.2) is 83.3 Å². The van der Waals surface area contributed by atoms with Crippen molar-refractivity contribution in [3.05, 3.63) is 83.3 Å². The number of hydrogen-bond donors (Lipinski definition) is 0. The molecule has 0 aliphatic heterocycles. The molecular weight excluding hydrogens is 390 g/mol. The van der Waals surface area contributed by atoms with E-state index in [4.69, 9.17) is 14.8 Å². The zero-order valence-corrected chi connectivity index (χ0v) is 15.7. The van der Waals surface area contributed by atoms with Crippen LogP contribution in [-0.2, 0) is 0 Å². The molecule has 26 heavy (non-hydrogen) atoms. The predicted molar refractivity (Wildman–Crippen MR) is 106 cm³/mol. The molecule has 0 amide bonds. The standard InChI is InChI=1S/C21H16BrN3O/c1-26-19-12-10-18(11-13-19)25-21(15-6-3-2-4-7-15)23-20(24-25)16-8-5-9-17(22)14-16/h2-14H,1H3. The number of rotatable bonds is 4. The number of ether oxygens (including phenoxy) is 1. The zero-order chi connectivity index (χ0) is 17.9. The van der Waals surface area contributed by atoms with Gasteiger partial charge in [0.2, 0.25) is 0 Å². The topological polar surface area (TPSA) is 39.9 Å². The van der Waals surface area contributed by atoms with E-state index in [1.54, 1.807) is 7.11 Å². The van der Waals surface area contributed by atoms with E-state index in [9.17, 15) is 0 Å². The highest BCUT2D eigenvalue weighted by Gasteiger charge is 2.15. The van der Waals surface area contributed by atoms with Gasteiger partial charge in [0.05, 0.1) is 12.8 Å². The quantitative estimate of drug-likeness (QED) is 0.457. The Bertz CT molecular complexity index is 1030. The van der Waals surface area contributed by atoms with Gasteiger partial charge in [0.15, 0.2) is 11.6 Å². The molecule has 4 rings (SSSR count). The fourth-order valence-electron chi connectivity index (χ4n) is 2.74. The van der Waals surface area contributed by atoms with Gasteiger partial charge in [0.1, 0.15) is 5.75 Å². The lowest BCUT2D eigenvalue weighted by atomic mass is 10.2. The van der Waals surface area contributed by atoms with Crippen molar-refractivity contribution in [3.63, 3.8) is 0 Å². The first kappa shape index (κ1) is 16.5. The molecule has 0 spiro atoms. The van der Waals surface area contributed by atoms with Crippen molar-refractivity contribution in [1.82, 2.24) is 14.8 Å². The molecule has 4 aromatic rings. The van der Waals surface area contributed by atoms with Crippen LogP contribution in [0.4, 0.5) is 0 Å². The Morgan fingerprint density at radius 1 is 0.846 bits per heavy atom. The summed E-state index contributed by atoms with van der Waals surface area (Å²) in [5.41, 5.74) is 2.90. The molecule has 4 nitrogen and oxygen atoms in total. The van der Waals surface area contributed by atoms with Crippen LogP contribution in [0.2, 0.25) is 0 Å². The number of halogens is 1. The highest BCUT2D eigenvalue weighted by atomic mass is 79.9. The number of nitrogens with zero attached hydrogens (tertiary/aromatic N) is 3. The Kier molecular flexibility index (Phi) is 4.54. The average Bonchev–Trinajstić information content (AvgIpc) is 3.14. The molecule has 5 heteroatoms. The van der Waals surface area contributed by atoms with Crippen LogP contribution < -0.4 is 4.74 Å². The first-order valence-electron chi connectivity index (χ1n) is 8.17. The summed E-state index contributed by atoms with van der Waals surface area (Å²) in [5, 5.41) is 4.77. The summed E-state index contributed by atoms with van der Waals surface area (Å²) in [6.07, 6.45) is 0. The summed E-state index contributed by atoms with van der Waals surface area (Å²) >= 11 is 3.51. The molecule has 1 heterocycles. The highest BCUT2D eigenvalue weighted by Crippen LogP contribution is 2.27. The Hall–Kier alpha value is -2.92. The van der Waals surface area contributed by atoms with Gasteiger partial charge in [-0.2, -0.15) is 0 Å². The smallest absolute Gasteiger partial charge is 0.182 e. The lowest BCUT2D eigenvalue weighted by Gasteiger charge is -2.07. The normalized spacial score (nSPS) is 10.7. The van der Waals surface area contributed by atoms with E-state index < -0.39 is 0 Å². The molecule has 0 aliphatic carbocycles.